The number of halogens is 2. The molecule has 166 valence electrons. The number of H-pyrrole nitrogens is 1. The van der Waals surface area contributed by atoms with Gasteiger partial charge in [-0.25, -0.2) is 14.7 Å². The molecule has 0 saturated carbocycles. The molecule has 2 aromatic heterocycles. The van der Waals surface area contributed by atoms with E-state index < -0.39 is 23.7 Å². The summed E-state index contributed by atoms with van der Waals surface area (Å²) in [4.78, 5) is 31.3. The molecule has 0 fully saturated rings. The maximum atomic E-state index is 13.3. The van der Waals surface area contributed by atoms with E-state index in [2.05, 4.69) is 30.8 Å². The van der Waals surface area contributed by atoms with Crippen molar-refractivity contribution in [2.45, 2.75) is 6.04 Å². The predicted octanol–water partition coefficient (Wildman–Crippen LogP) is 3.21. The summed E-state index contributed by atoms with van der Waals surface area (Å²) in [6.07, 6.45) is 5.13. The summed E-state index contributed by atoms with van der Waals surface area (Å²) in [6, 6.07) is 7.78. The minimum atomic E-state index is -0.940. The molecule has 2 amide bonds. The Hall–Kier alpha value is -4.02. The number of hydrogen-bond donors (Lipinski definition) is 4. The van der Waals surface area contributed by atoms with Crippen molar-refractivity contribution in [2.75, 3.05) is 5.32 Å². The summed E-state index contributed by atoms with van der Waals surface area (Å²) in [5.74, 6) is -1.31. The van der Waals surface area contributed by atoms with Crippen LogP contribution < -0.4 is 15.6 Å². The van der Waals surface area contributed by atoms with E-state index in [1.165, 1.54) is 24.3 Å². The summed E-state index contributed by atoms with van der Waals surface area (Å²) in [5, 5.41) is 11.7. The highest BCUT2D eigenvalue weighted by atomic mass is 35.5. The molecule has 3 heterocycles. The molecule has 4 N–H and O–H groups in total. The number of carbonyl (C=O) groups excluding carboxylic acids is 2. The summed E-state index contributed by atoms with van der Waals surface area (Å²) in [5.41, 5.74) is 6.62. The Morgan fingerprint density at radius 2 is 2.03 bits per heavy atom. The Balaban J connectivity index is 1.56. The fourth-order valence-corrected chi connectivity index (χ4v) is 4.09. The molecule has 0 aliphatic carbocycles. The van der Waals surface area contributed by atoms with Crippen molar-refractivity contribution in [1.82, 2.24) is 25.0 Å². The third-order valence-electron chi connectivity index (χ3n) is 5.38. The van der Waals surface area contributed by atoms with Gasteiger partial charge in [-0.2, -0.15) is 10.2 Å². The van der Waals surface area contributed by atoms with Crippen molar-refractivity contribution in [2.24, 2.45) is 12.1 Å². The number of carbonyl (C=O) groups is 2. The minimum Gasteiger partial charge on any atom is -0.354 e. The molecule has 33 heavy (non-hydrogen) atoms. The number of hydrazone groups is 1. The fraction of sp³-hybridized carbons (Fsp3) is 0.0909. The molecule has 1 aliphatic heterocycles. The zero-order valence-corrected chi connectivity index (χ0v) is 17.9. The van der Waals surface area contributed by atoms with Crippen LogP contribution in [0.15, 0.2) is 53.9 Å². The van der Waals surface area contributed by atoms with Crippen LogP contribution in [0.1, 0.15) is 27.5 Å². The van der Waals surface area contributed by atoms with Gasteiger partial charge >= 0.3 is 0 Å². The lowest BCUT2D eigenvalue weighted by Gasteiger charge is -2.16. The van der Waals surface area contributed by atoms with E-state index in [1.807, 2.05) is 13.2 Å². The fourth-order valence-electron chi connectivity index (χ4n) is 3.87. The summed E-state index contributed by atoms with van der Waals surface area (Å²) in [6.45, 7) is 0. The molecule has 4 aromatic rings. The number of hydrogen-bond acceptors (Lipinski definition) is 5. The van der Waals surface area contributed by atoms with E-state index in [4.69, 9.17) is 11.8 Å². The second-order valence-corrected chi connectivity index (χ2v) is 7.76. The van der Waals surface area contributed by atoms with Crippen molar-refractivity contribution in [3.05, 3.63) is 71.3 Å². The third-order valence-corrected chi connectivity index (χ3v) is 5.60. The van der Waals surface area contributed by atoms with Crippen LogP contribution in [-0.4, -0.2) is 32.8 Å². The number of aromatic amines is 1. The van der Waals surface area contributed by atoms with Crippen molar-refractivity contribution in [3.63, 3.8) is 0 Å². The second kappa shape index (κ2) is 8.15. The van der Waals surface area contributed by atoms with Gasteiger partial charge in [0.15, 0.2) is 0 Å². The first kappa shape index (κ1) is 20.9. The number of amides is 2. The molecule has 0 radical (unpaired) electrons. The molecule has 1 aliphatic rings. The van der Waals surface area contributed by atoms with Crippen molar-refractivity contribution in [3.8, 4) is 11.3 Å². The zero-order valence-electron chi connectivity index (χ0n) is 17.2. The maximum Gasteiger partial charge on any atom is 0.272 e. The van der Waals surface area contributed by atoms with Gasteiger partial charge in [-0.15, -0.1) is 0 Å². The Bertz CT molecular complexity index is 1420. The second-order valence-electron chi connectivity index (χ2n) is 7.54. The molecule has 2 aromatic carbocycles. The lowest BCUT2D eigenvalue weighted by atomic mass is 10.0. The first-order valence-corrected chi connectivity index (χ1v) is 10.3. The maximum absolute atomic E-state index is 13.3. The first-order valence-electron chi connectivity index (χ1n) is 9.89. The number of benzene rings is 2. The van der Waals surface area contributed by atoms with Crippen LogP contribution in [0, 0.1) is 5.82 Å². The molecule has 1 atom stereocenters. The largest absolute Gasteiger partial charge is 0.354 e. The molecule has 0 spiro atoms. The molecule has 0 saturated heterocycles. The van der Waals surface area contributed by atoms with E-state index in [0.29, 0.717) is 27.7 Å². The van der Waals surface area contributed by atoms with Crippen LogP contribution in [0.25, 0.3) is 22.2 Å². The van der Waals surface area contributed by atoms with E-state index in [1.54, 1.807) is 29.2 Å². The van der Waals surface area contributed by atoms with E-state index in [-0.39, 0.29) is 0 Å². The smallest absolute Gasteiger partial charge is 0.272 e. The lowest BCUT2D eigenvalue weighted by Crippen LogP contribution is -2.28. The number of aromatic nitrogens is 3. The van der Waals surface area contributed by atoms with Crippen LogP contribution in [0.2, 0.25) is 0 Å². The highest BCUT2D eigenvalue weighted by molar-refractivity contribution is 6.19. The molecular weight excluding hydrogens is 449 g/mol. The number of anilines is 1. The van der Waals surface area contributed by atoms with Crippen molar-refractivity contribution < 1.29 is 14.0 Å². The molecule has 0 bridgehead atoms. The highest BCUT2D eigenvalue weighted by Gasteiger charge is 2.25. The standard InChI is InChI=1S/C22H17ClFN7O2/c1-31-10-12(8-26-31)19-16-9-25-30-21(32)15-6-14(7-17(28-19)18(15)16)27-22(33)20(29-23)11-2-4-13(24)5-3-11/h2-10,20,28-29H,1H3,(H,27,33)(H,30,32)/t20-/m1/s1. The number of nitrogens with zero attached hydrogens (tertiary/aromatic N) is 3. The molecule has 9 nitrogen and oxygen atoms in total. The monoisotopic (exact) mass is 465 g/mol. The molecule has 0 unspecified atom stereocenters. The van der Waals surface area contributed by atoms with Gasteiger partial charge in [-0.3, -0.25) is 14.3 Å². The quantitative estimate of drug-likeness (QED) is 0.339. The average molecular weight is 466 g/mol. The van der Waals surface area contributed by atoms with Gasteiger partial charge in [0.25, 0.3) is 5.91 Å². The van der Waals surface area contributed by atoms with Gasteiger partial charge in [0.2, 0.25) is 5.91 Å². The van der Waals surface area contributed by atoms with Gasteiger partial charge in [-0.05, 0) is 41.6 Å². The van der Waals surface area contributed by atoms with Crippen LogP contribution in [0.4, 0.5) is 10.1 Å². The van der Waals surface area contributed by atoms with E-state index in [9.17, 15) is 14.0 Å². The first-order chi connectivity index (χ1) is 15.9. The van der Waals surface area contributed by atoms with E-state index >= 15 is 0 Å². The Kier molecular flexibility index (Phi) is 5.15. The van der Waals surface area contributed by atoms with Gasteiger partial charge in [0, 0.05) is 41.0 Å². The SMILES string of the molecule is Cn1cc(-c2[nH]c3cc(NC(=O)[C@H](NCl)c4ccc(F)cc4)cc4c3c2C=NNC4=O)cn1. The molecule has 5 rings (SSSR count). The third kappa shape index (κ3) is 3.75. The van der Waals surface area contributed by atoms with Crippen LogP contribution in [0.5, 0.6) is 0 Å². The summed E-state index contributed by atoms with van der Waals surface area (Å²) < 4.78 is 14.9. The number of rotatable bonds is 5. The van der Waals surface area contributed by atoms with Gasteiger partial charge in [-0.1, -0.05) is 12.1 Å². The van der Waals surface area contributed by atoms with Crippen molar-refractivity contribution in [1.29, 1.82) is 0 Å². The Morgan fingerprint density at radius 3 is 2.73 bits per heavy atom. The zero-order chi connectivity index (χ0) is 23.1. The van der Waals surface area contributed by atoms with Crippen LogP contribution in [-0.2, 0) is 11.8 Å². The number of nitrogens with one attached hydrogen (secondary N) is 4. The topological polar surface area (TPSA) is 116 Å². The average Bonchev–Trinajstić information content (AvgIpc) is 3.33. The summed E-state index contributed by atoms with van der Waals surface area (Å²) in [7, 11) is 1.81. The van der Waals surface area contributed by atoms with E-state index in [0.717, 1.165) is 16.8 Å². The van der Waals surface area contributed by atoms with Gasteiger partial charge in [0.05, 0.1) is 23.7 Å². The van der Waals surface area contributed by atoms with Crippen molar-refractivity contribution >= 4 is 46.4 Å². The highest BCUT2D eigenvalue weighted by Crippen LogP contribution is 2.34. The molecular formula is C22H17ClFN7O2. The lowest BCUT2D eigenvalue weighted by molar-refractivity contribution is -0.117. The number of aryl methyl sites for hydroxylation is 1. The predicted molar refractivity (Wildman–Crippen MR) is 122 cm³/mol. The Labute approximate surface area is 191 Å². The minimum absolute atomic E-state index is 0.346. The van der Waals surface area contributed by atoms with Gasteiger partial charge < -0.3 is 10.3 Å². The van der Waals surface area contributed by atoms with Crippen LogP contribution >= 0.6 is 11.8 Å². The molecule has 11 heteroatoms. The Morgan fingerprint density at radius 1 is 1.24 bits per heavy atom. The van der Waals surface area contributed by atoms with Crippen LogP contribution in [0.3, 0.4) is 0 Å². The normalized spacial score (nSPS) is 13.6. The van der Waals surface area contributed by atoms with Gasteiger partial charge in [0.1, 0.15) is 11.9 Å². The summed E-state index contributed by atoms with van der Waals surface area (Å²) >= 11 is 5.81.